The Morgan fingerprint density at radius 1 is 1.43 bits per heavy atom. The summed E-state index contributed by atoms with van der Waals surface area (Å²) in [5.41, 5.74) is 0.788. The van der Waals surface area contributed by atoms with Crippen LogP contribution in [0.25, 0.3) is 6.08 Å². The molecule has 0 saturated carbocycles. The Hall–Kier alpha value is -2.04. The average molecular weight is 193 g/mol. The van der Waals surface area contributed by atoms with Gasteiger partial charge in [-0.2, -0.15) is 0 Å². The lowest BCUT2D eigenvalue weighted by Gasteiger charge is -2.15. The zero-order chi connectivity index (χ0) is 9.97. The first-order chi connectivity index (χ1) is 6.75. The molecule has 0 N–H and O–H groups in total. The summed E-state index contributed by atoms with van der Waals surface area (Å²) in [5, 5.41) is 9.22. The third kappa shape index (κ3) is 1.66. The lowest BCUT2D eigenvalue weighted by Crippen LogP contribution is -2.12. The van der Waals surface area contributed by atoms with Crippen LogP contribution < -0.4 is 4.74 Å². The molecule has 14 heavy (non-hydrogen) atoms. The molecule has 0 aromatic heterocycles. The maximum Gasteiger partial charge on any atom is 0.299 e. The van der Waals surface area contributed by atoms with E-state index in [1.165, 1.54) is 0 Å². The van der Waals surface area contributed by atoms with Gasteiger partial charge in [0.25, 0.3) is 5.09 Å². The van der Waals surface area contributed by atoms with Gasteiger partial charge in [-0.25, -0.2) is 0 Å². The fourth-order valence-corrected chi connectivity index (χ4v) is 1.24. The van der Waals surface area contributed by atoms with Crippen LogP contribution in [0.3, 0.4) is 0 Å². The van der Waals surface area contributed by atoms with Crippen molar-refractivity contribution in [3.05, 3.63) is 45.7 Å². The number of ether oxygens (including phenoxy) is 1. The van der Waals surface area contributed by atoms with E-state index in [4.69, 9.17) is 4.74 Å². The van der Waals surface area contributed by atoms with Gasteiger partial charge < -0.3 is 4.74 Å². The van der Waals surface area contributed by atoms with Crippen molar-refractivity contribution in [3.63, 3.8) is 0 Å². The van der Waals surface area contributed by atoms with Crippen molar-refractivity contribution >= 4 is 6.08 Å². The zero-order valence-electron chi connectivity index (χ0n) is 7.17. The fraction of sp³-hybridized carbons (Fsp3) is 0.111. The molecule has 0 fully saturated rings. The molecular formula is C9H7NO4. The van der Waals surface area contributed by atoms with Crippen LogP contribution in [0.2, 0.25) is 0 Å². The average Bonchev–Trinajstić information content (AvgIpc) is 2.17. The maximum atomic E-state index is 10.1. The van der Waals surface area contributed by atoms with Gasteiger partial charge in [0.05, 0.1) is 0 Å². The monoisotopic (exact) mass is 193 g/mol. The molecule has 0 bridgehead atoms. The molecule has 5 heteroatoms. The summed E-state index contributed by atoms with van der Waals surface area (Å²) in [4.78, 5) is 14.4. The number of fused-ring (bicyclic) bond motifs is 1. The molecule has 1 aliphatic rings. The molecule has 0 saturated heterocycles. The highest BCUT2D eigenvalue weighted by Crippen LogP contribution is 2.25. The van der Waals surface area contributed by atoms with Crippen LogP contribution in [-0.4, -0.2) is 11.7 Å². The summed E-state index contributed by atoms with van der Waals surface area (Å²) in [6.45, 7) is 0.0952. The Balaban J connectivity index is 2.26. The van der Waals surface area contributed by atoms with Gasteiger partial charge in [-0.1, -0.05) is 18.2 Å². The molecule has 5 nitrogen and oxygen atoms in total. The van der Waals surface area contributed by atoms with Crippen molar-refractivity contribution in [2.24, 2.45) is 0 Å². The molecule has 1 heterocycles. The SMILES string of the molecule is O=[N+]([O-])OC1=Cc2ccccc2OC1. The van der Waals surface area contributed by atoms with E-state index in [9.17, 15) is 10.1 Å². The van der Waals surface area contributed by atoms with E-state index in [0.29, 0.717) is 5.75 Å². The highest BCUT2D eigenvalue weighted by atomic mass is 17.0. The smallest absolute Gasteiger partial charge is 0.299 e. The van der Waals surface area contributed by atoms with Crippen LogP contribution in [0.1, 0.15) is 5.56 Å². The predicted octanol–water partition coefficient (Wildman–Crippen LogP) is 1.63. The summed E-state index contributed by atoms with van der Waals surface area (Å²) < 4.78 is 5.24. The van der Waals surface area contributed by atoms with Crippen molar-refractivity contribution in [2.45, 2.75) is 0 Å². The van der Waals surface area contributed by atoms with Crippen LogP contribution in [-0.2, 0) is 4.84 Å². The van der Waals surface area contributed by atoms with Crippen LogP contribution in [0.5, 0.6) is 5.75 Å². The first-order valence-corrected chi connectivity index (χ1v) is 4.00. The van der Waals surface area contributed by atoms with Gasteiger partial charge in [0.1, 0.15) is 18.1 Å². The Kier molecular flexibility index (Phi) is 2.06. The third-order valence-electron chi connectivity index (χ3n) is 1.80. The summed E-state index contributed by atoms with van der Waals surface area (Å²) in [5.74, 6) is 0.914. The van der Waals surface area contributed by atoms with Gasteiger partial charge >= 0.3 is 0 Å². The topological polar surface area (TPSA) is 61.6 Å². The van der Waals surface area contributed by atoms with Crippen molar-refractivity contribution in [1.82, 2.24) is 0 Å². The first kappa shape index (κ1) is 8.55. The number of hydrogen-bond acceptors (Lipinski definition) is 4. The third-order valence-corrected chi connectivity index (χ3v) is 1.80. The van der Waals surface area contributed by atoms with Gasteiger partial charge in [0, 0.05) is 5.56 Å². The van der Waals surface area contributed by atoms with Gasteiger partial charge in [-0.15, -0.1) is 10.1 Å². The van der Waals surface area contributed by atoms with Crippen molar-refractivity contribution < 1.29 is 14.7 Å². The Morgan fingerprint density at radius 2 is 2.21 bits per heavy atom. The molecule has 0 aliphatic carbocycles. The molecule has 1 aromatic carbocycles. The fourth-order valence-electron chi connectivity index (χ4n) is 1.24. The van der Waals surface area contributed by atoms with Gasteiger partial charge in [0.15, 0.2) is 0 Å². The number of para-hydroxylation sites is 1. The second-order valence-corrected chi connectivity index (χ2v) is 2.75. The quantitative estimate of drug-likeness (QED) is 0.529. The molecule has 0 unspecified atom stereocenters. The molecule has 0 atom stereocenters. The Labute approximate surface area is 79.7 Å². The molecule has 1 aliphatic heterocycles. The zero-order valence-corrected chi connectivity index (χ0v) is 7.17. The minimum absolute atomic E-state index is 0.0952. The van der Waals surface area contributed by atoms with E-state index in [0.717, 1.165) is 5.56 Å². The lowest BCUT2D eigenvalue weighted by atomic mass is 10.1. The van der Waals surface area contributed by atoms with Crippen molar-refractivity contribution in [2.75, 3.05) is 6.61 Å². The maximum absolute atomic E-state index is 10.1. The normalized spacial score (nSPS) is 13.6. The summed E-state index contributed by atoms with van der Waals surface area (Å²) >= 11 is 0. The molecule has 1 aromatic rings. The molecular weight excluding hydrogens is 186 g/mol. The van der Waals surface area contributed by atoms with Crippen LogP contribution in [0.4, 0.5) is 0 Å². The van der Waals surface area contributed by atoms with Gasteiger partial charge in [-0.05, 0) is 12.1 Å². The number of nitrogens with zero attached hydrogens (tertiary/aromatic N) is 1. The van der Waals surface area contributed by atoms with E-state index < -0.39 is 5.09 Å². The summed E-state index contributed by atoms with van der Waals surface area (Å²) in [6, 6.07) is 7.27. The Morgan fingerprint density at radius 3 is 3.00 bits per heavy atom. The largest absolute Gasteiger partial charge is 0.487 e. The summed E-state index contributed by atoms with van der Waals surface area (Å²) in [6.07, 6.45) is 1.60. The number of rotatable bonds is 2. The molecule has 0 amide bonds. The van der Waals surface area contributed by atoms with Crippen molar-refractivity contribution in [1.29, 1.82) is 0 Å². The number of benzene rings is 1. The molecule has 2 rings (SSSR count). The molecule has 72 valence electrons. The predicted molar refractivity (Wildman–Crippen MR) is 48.0 cm³/mol. The first-order valence-electron chi connectivity index (χ1n) is 4.00. The van der Waals surface area contributed by atoms with E-state index in [1.54, 1.807) is 18.2 Å². The Bertz CT molecular complexity index is 400. The second kappa shape index (κ2) is 3.37. The van der Waals surface area contributed by atoms with Crippen LogP contribution in [0.15, 0.2) is 30.0 Å². The van der Waals surface area contributed by atoms with Gasteiger partial charge in [-0.3, -0.25) is 4.84 Å². The second-order valence-electron chi connectivity index (χ2n) is 2.75. The molecule has 0 radical (unpaired) electrons. The minimum Gasteiger partial charge on any atom is -0.487 e. The number of hydrogen-bond donors (Lipinski definition) is 0. The highest BCUT2D eigenvalue weighted by Gasteiger charge is 2.13. The summed E-state index contributed by atoms with van der Waals surface area (Å²) in [7, 11) is 0. The highest BCUT2D eigenvalue weighted by molar-refractivity contribution is 5.60. The lowest BCUT2D eigenvalue weighted by molar-refractivity contribution is -0.743. The van der Waals surface area contributed by atoms with E-state index >= 15 is 0 Å². The van der Waals surface area contributed by atoms with E-state index in [2.05, 4.69) is 4.84 Å². The van der Waals surface area contributed by atoms with Crippen LogP contribution in [0, 0.1) is 10.1 Å². The van der Waals surface area contributed by atoms with Crippen LogP contribution >= 0.6 is 0 Å². The van der Waals surface area contributed by atoms with E-state index in [-0.39, 0.29) is 12.4 Å². The molecule has 0 spiro atoms. The van der Waals surface area contributed by atoms with E-state index in [1.807, 2.05) is 12.1 Å². The minimum atomic E-state index is -0.844. The van der Waals surface area contributed by atoms with Crippen molar-refractivity contribution in [3.8, 4) is 5.75 Å². The standard InChI is InChI=1S/C9H7NO4/c11-10(12)14-8-5-7-3-1-2-4-9(7)13-6-8/h1-5H,6H2. The van der Waals surface area contributed by atoms with Gasteiger partial charge in [0.2, 0.25) is 0 Å².